The molecule has 488 valence electrons. The summed E-state index contributed by atoms with van der Waals surface area (Å²) in [7, 11) is 0. The lowest BCUT2D eigenvalue weighted by molar-refractivity contribution is -0.143. The van der Waals surface area contributed by atoms with Crippen LogP contribution in [0.5, 0.6) is 0 Å². The molecule has 0 aliphatic heterocycles. The van der Waals surface area contributed by atoms with Gasteiger partial charge in [0.05, 0.1) is 25.4 Å². The van der Waals surface area contributed by atoms with E-state index in [2.05, 4.69) is 19.2 Å². The maximum absolute atomic E-state index is 12.4. The zero-order chi connectivity index (χ0) is 59.2. The maximum atomic E-state index is 12.4. The molecule has 0 heterocycles. The summed E-state index contributed by atoms with van der Waals surface area (Å²) in [4.78, 5) is 24.6. The summed E-state index contributed by atoms with van der Waals surface area (Å²) in [6.07, 6.45) is 90.5. The van der Waals surface area contributed by atoms with Gasteiger partial charge < -0.3 is 20.3 Å². The molecule has 0 aliphatic rings. The Hall–Kier alpha value is -1.40. The van der Waals surface area contributed by atoms with Gasteiger partial charge in [0.25, 0.3) is 0 Å². The summed E-state index contributed by atoms with van der Waals surface area (Å²) in [6.45, 7) is 4.94. The number of hydrogen-bond donors (Lipinski definition) is 3. The van der Waals surface area contributed by atoms with Crippen molar-refractivity contribution in [1.29, 1.82) is 0 Å². The summed E-state index contributed by atoms with van der Waals surface area (Å²) in [5.74, 6) is -0.0334. The van der Waals surface area contributed by atoms with E-state index in [0.717, 1.165) is 38.5 Å². The average molecular weight is 1160 g/mol. The fourth-order valence-corrected chi connectivity index (χ4v) is 12.3. The lowest BCUT2D eigenvalue weighted by atomic mass is 10.0. The second-order valence-corrected chi connectivity index (χ2v) is 26.4. The topological polar surface area (TPSA) is 95.9 Å². The Bertz CT molecular complexity index is 1240. The Morgan fingerprint density at radius 1 is 0.329 bits per heavy atom. The van der Waals surface area contributed by atoms with Crippen molar-refractivity contribution >= 4 is 11.9 Å². The molecule has 0 saturated heterocycles. The average Bonchev–Trinajstić information content (AvgIpc) is 3.48. The molecule has 0 spiro atoms. The number of amides is 1. The Labute approximate surface area is 514 Å². The first kappa shape index (κ1) is 80.6. The normalized spacial score (nSPS) is 12.5. The Kier molecular flexibility index (Phi) is 70.8. The van der Waals surface area contributed by atoms with Crippen molar-refractivity contribution in [1.82, 2.24) is 5.32 Å². The summed E-state index contributed by atoms with van der Waals surface area (Å²) < 4.78 is 5.52. The van der Waals surface area contributed by atoms with Crippen molar-refractivity contribution in [3.8, 4) is 0 Å². The van der Waals surface area contributed by atoms with Crippen LogP contribution in [0.1, 0.15) is 438 Å². The summed E-state index contributed by atoms with van der Waals surface area (Å²) >= 11 is 0. The molecule has 6 nitrogen and oxygen atoms in total. The summed E-state index contributed by atoms with van der Waals surface area (Å²) in [5.41, 5.74) is 0. The minimum atomic E-state index is -0.838. The molecule has 0 aromatic rings. The van der Waals surface area contributed by atoms with Gasteiger partial charge in [-0.1, -0.05) is 405 Å². The van der Waals surface area contributed by atoms with E-state index < -0.39 is 12.1 Å². The fourth-order valence-electron chi connectivity index (χ4n) is 12.3. The van der Waals surface area contributed by atoms with Gasteiger partial charge in [-0.25, -0.2) is 0 Å². The highest BCUT2D eigenvalue weighted by Crippen LogP contribution is 2.20. The van der Waals surface area contributed by atoms with Gasteiger partial charge in [-0.3, -0.25) is 9.59 Å². The van der Waals surface area contributed by atoms with Crippen LogP contribution in [-0.2, 0) is 14.3 Å². The number of hydrogen-bond acceptors (Lipinski definition) is 5. The Balaban J connectivity index is 3.27. The third-order valence-electron chi connectivity index (χ3n) is 18.1. The first-order valence-corrected chi connectivity index (χ1v) is 38.0. The van der Waals surface area contributed by atoms with Gasteiger partial charge in [0.15, 0.2) is 0 Å². The highest BCUT2D eigenvalue weighted by atomic mass is 16.5. The van der Waals surface area contributed by atoms with Crippen LogP contribution in [0.3, 0.4) is 0 Å². The SMILES string of the molecule is CCCCCCCCCCC/C=C/C(O)C(CO)NC(=O)CCCCCCCCCCCCCCCCCCCCCCCCCCCCCCCCCCCCCOC(=O)CCCCCCCCCCCCCCCCCCCCC. The van der Waals surface area contributed by atoms with Crippen LogP contribution in [0.2, 0.25) is 0 Å². The highest BCUT2D eigenvalue weighted by Gasteiger charge is 2.18. The van der Waals surface area contributed by atoms with Gasteiger partial charge in [0, 0.05) is 12.8 Å². The van der Waals surface area contributed by atoms with Gasteiger partial charge in [-0.15, -0.1) is 0 Å². The second-order valence-electron chi connectivity index (χ2n) is 26.4. The molecule has 0 bridgehead atoms. The van der Waals surface area contributed by atoms with Crippen molar-refractivity contribution < 1.29 is 24.5 Å². The molecule has 0 radical (unpaired) electrons. The lowest BCUT2D eigenvalue weighted by Gasteiger charge is -2.20. The molecule has 0 aromatic heterocycles. The van der Waals surface area contributed by atoms with Crippen molar-refractivity contribution in [2.24, 2.45) is 0 Å². The van der Waals surface area contributed by atoms with Gasteiger partial charge in [0.1, 0.15) is 0 Å². The molecule has 2 unspecified atom stereocenters. The molecule has 2 atom stereocenters. The molecule has 0 aromatic carbocycles. The molecular formula is C76H149NO5. The van der Waals surface area contributed by atoms with Gasteiger partial charge in [-0.05, 0) is 32.1 Å². The Morgan fingerprint density at radius 3 is 0.829 bits per heavy atom. The standard InChI is InChI=1S/C76H149NO5/c1-3-5-7-9-11-13-15-16-17-18-36-40-43-46-50-54-58-62-66-70-76(81)82-71-67-63-59-55-51-47-44-41-38-35-33-31-29-27-25-23-21-19-20-22-24-26-28-30-32-34-37-39-42-45-49-53-57-61-65-69-75(80)77-73(72-78)74(79)68-64-60-56-52-48-14-12-10-8-6-4-2/h64,68,73-74,78-79H,3-63,65-67,69-72H2,1-2H3,(H,77,80)/b68-64+. The zero-order valence-electron chi connectivity index (χ0n) is 56.0. The fraction of sp³-hybridized carbons (Fsp3) is 0.947. The van der Waals surface area contributed by atoms with Crippen LogP contribution in [-0.4, -0.2) is 47.4 Å². The number of ether oxygens (including phenoxy) is 1. The van der Waals surface area contributed by atoms with E-state index in [-0.39, 0.29) is 18.5 Å². The smallest absolute Gasteiger partial charge is 0.305 e. The number of nitrogens with one attached hydrogen (secondary N) is 1. The molecule has 6 heteroatoms. The zero-order valence-corrected chi connectivity index (χ0v) is 56.0. The predicted octanol–water partition coefficient (Wildman–Crippen LogP) is 24.7. The van der Waals surface area contributed by atoms with E-state index in [4.69, 9.17) is 4.74 Å². The second kappa shape index (κ2) is 72.1. The molecule has 0 aliphatic carbocycles. The molecule has 3 N–H and O–H groups in total. The first-order valence-electron chi connectivity index (χ1n) is 38.0. The number of allylic oxidation sites excluding steroid dienone is 1. The predicted molar refractivity (Wildman–Crippen MR) is 361 cm³/mol. The van der Waals surface area contributed by atoms with E-state index in [1.54, 1.807) is 6.08 Å². The number of carbonyl (C=O) groups is 2. The quantitative estimate of drug-likeness (QED) is 0.0320. The molecule has 0 rings (SSSR count). The van der Waals surface area contributed by atoms with Gasteiger partial charge in [0.2, 0.25) is 5.91 Å². The third kappa shape index (κ3) is 67.7. The van der Waals surface area contributed by atoms with Crippen LogP contribution in [0.25, 0.3) is 0 Å². The van der Waals surface area contributed by atoms with E-state index in [1.807, 2.05) is 6.08 Å². The molecule has 1 amide bonds. The van der Waals surface area contributed by atoms with Gasteiger partial charge >= 0.3 is 5.97 Å². The third-order valence-corrected chi connectivity index (χ3v) is 18.1. The van der Waals surface area contributed by atoms with Crippen LogP contribution in [0.4, 0.5) is 0 Å². The molecule has 0 fully saturated rings. The minimum absolute atomic E-state index is 0.0282. The number of carbonyl (C=O) groups excluding carboxylic acids is 2. The number of rotatable bonds is 72. The van der Waals surface area contributed by atoms with Crippen LogP contribution in [0.15, 0.2) is 12.2 Å². The number of esters is 1. The van der Waals surface area contributed by atoms with E-state index in [0.29, 0.717) is 19.4 Å². The van der Waals surface area contributed by atoms with Gasteiger partial charge in [-0.2, -0.15) is 0 Å². The van der Waals surface area contributed by atoms with E-state index >= 15 is 0 Å². The molecule has 82 heavy (non-hydrogen) atoms. The lowest BCUT2D eigenvalue weighted by Crippen LogP contribution is -2.45. The van der Waals surface area contributed by atoms with Crippen molar-refractivity contribution in [2.45, 2.75) is 450 Å². The highest BCUT2D eigenvalue weighted by molar-refractivity contribution is 5.76. The minimum Gasteiger partial charge on any atom is -0.466 e. The molecule has 0 saturated carbocycles. The van der Waals surface area contributed by atoms with Crippen LogP contribution >= 0.6 is 0 Å². The van der Waals surface area contributed by atoms with Crippen molar-refractivity contribution in [2.75, 3.05) is 13.2 Å². The van der Waals surface area contributed by atoms with Crippen LogP contribution < -0.4 is 5.32 Å². The Morgan fingerprint density at radius 2 is 0.561 bits per heavy atom. The molecular weight excluding hydrogens is 1010 g/mol. The first-order chi connectivity index (χ1) is 40.5. The number of aliphatic hydroxyl groups is 2. The summed E-state index contributed by atoms with van der Waals surface area (Å²) in [5, 5.41) is 23.1. The summed E-state index contributed by atoms with van der Waals surface area (Å²) in [6, 6.07) is -0.621. The maximum Gasteiger partial charge on any atom is 0.305 e. The number of aliphatic hydroxyl groups excluding tert-OH is 2. The number of unbranched alkanes of at least 4 members (excludes halogenated alkanes) is 61. The largest absolute Gasteiger partial charge is 0.466 e. The van der Waals surface area contributed by atoms with Crippen LogP contribution in [0, 0.1) is 0 Å². The van der Waals surface area contributed by atoms with E-state index in [9.17, 15) is 19.8 Å². The van der Waals surface area contributed by atoms with E-state index in [1.165, 1.54) is 372 Å². The van der Waals surface area contributed by atoms with Crippen molar-refractivity contribution in [3.05, 3.63) is 12.2 Å². The monoisotopic (exact) mass is 1160 g/mol. The van der Waals surface area contributed by atoms with Crippen molar-refractivity contribution in [3.63, 3.8) is 0 Å².